The maximum absolute atomic E-state index is 12.7. The summed E-state index contributed by atoms with van der Waals surface area (Å²) in [6.07, 6.45) is 1.69. The van der Waals surface area contributed by atoms with Crippen LogP contribution in [0.4, 0.5) is 0 Å². The van der Waals surface area contributed by atoms with Gasteiger partial charge in [-0.2, -0.15) is 0 Å². The molecule has 0 aliphatic carbocycles. The molecule has 0 saturated heterocycles. The van der Waals surface area contributed by atoms with E-state index in [1.165, 1.54) is 11.5 Å². The molecule has 0 spiro atoms. The Balaban J connectivity index is 2.43. The van der Waals surface area contributed by atoms with Crippen LogP contribution in [-0.4, -0.2) is 17.5 Å². The molecule has 4 nitrogen and oxygen atoms in total. The Labute approximate surface area is 121 Å². The van der Waals surface area contributed by atoms with E-state index in [1.807, 2.05) is 24.3 Å². The molecule has 0 amide bonds. The van der Waals surface area contributed by atoms with Gasteiger partial charge in [-0.15, -0.1) is 0 Å². The van der Waals surface area contributed by atoms with Crippen LogP contribution in [0.1, 0.15) is 10.4 Å². The minimum atomic E-state index is -0.516. The third kappa shape index (κ3) is 2.21. The Morgan fingerprint density at radius 1 is 1.05 bits per heavy atom. The molecule has 0 fully saturated rings. The zero-order chi connectivity index (χ0) is 14.8. The van der Waals surface area contributed by atoms with Crippen LogP contribution in [0, 0.1) is 0 Å². The van der Waals surface area contributed by atoms with Gasteiger partial charge in [0.05, 0.1) is 18.2 Å². The Bertz CT molecular complexity index is 866. The van der Waals surface area contributed by atoms with Gasteiger partial charge in [0.1, 0.15) is 0 Å². The van der Waals surface area contributed by atoms with Gasteiger partial charge in [0, 0.05) is 11.7 Å². The van der Waals surface area contributed by atoms with Crippen LogP contribution in [0.3, 0.4) is 0 Å². The number of carbonyl (C=O) groups excluding carboxylic acids is 1. The van der Waals surface area contributed by atoms with Crippen LogP contribution in [0.2, 0.25) is 0 Å². The van der Waals surface area contributed by atoms with Crippen molar-refractivity contribution in [1.29, 1.82) is 0 Å². The lowest BCUT2D eigenvalue weighted by Crippen LogP contribution is -2.20. The van der Waals surface area contributed by atoms with Gasteiger partial charge >= 0.3 is 5.97 Å². The van der Waals surface area contributed by atoms with E-state index in [0.29, 0.717) is 16.6 Å². The number of carbonyl (C=O) groups is 1. The summed E-state index contributed by atoms with van der Waals surface area (Å²) in [6.45, 7) is 0. The van der Waals surface area contributed by atoms with Crippen LogP contribution in [0.15, 0.2) is 65.6 Å². The number of nitrogens with zero attached hydrogens (tertiary/aromatic N) is 1. The summed E-state index contributed by atoms with van der Waals surface area (Å²) in [7, 11) is 1.31. The van der Waals surface area contributed by atoms with E-state index in [1.54, 1.807) is 36.5 Å². The maximum atomic E-state index is 12.7. The van der Waals surface area contributed by atoms with Crippen molar-refractivity contribution in [3.05, 3.63) is 76.7 Å². The number of methoxy groups -OCH3 is 1. The fraction of sp³-hybridized carbons (Fsp3) is 0.0588. The molecule has 2 aromatic heterocycles. The van der Waals surface area contributed by atoms with Gasteiger partial charge in [0.2, 0.25) is 0 Å². The Kier molecular flexibility index (Phi) is 3.28. The SMILES string of the molecule is COC(=O)c1cc2ccccn2c(=O)c1-c1ccccc1. The lowest BCUT2D eigenvalue weighted by molar-refractivity contribution is 0.0601. The van der Waals surface area contributed by atoms with Crippen molar-refractivity contribution in [1.82, 2.24) is 4.40 Å². The summed E-state index contributed by atoms with van der Waals surface area (Å²) >= 11 is 0. The standard InChI is InChI=1S/C17H13NO3/c1-21-17(20)14-11-13-9-5-6-10-18(13)16(19)15(14)12-7-3-2-4-8-12/h2-11H,1H3. The molecule has 2 heterocycles. The molecule has 0 N–H and O–H groups in total. The normalized spacial score (nSPS) is 10.5. The number of fused-ring (bicyclic) bond motifs is 1. The smallest absolute Gasteiger partial charge is 0.338 e. The molecule has 104 valence electrons. The summed E-state index contributed by atoms with van der Waals surface area (Å²) in [5.41, 5.74) is 1.74. The lowest BCUT2D eigenvalue weighted by Gasteiger charge is -2.10. The number of hydrogen-bond donors (Lipinski definition) is 0. The molecule has 3 rings (SSSR count). The third-order valence-corrected chi connectivity index (χ3v) is 3.35. The highest BCUT2D eigenvalue weighted by Crippen LogP contribution is 2.22. The van der Waals surface area contributed by atoms with E-state index >= 15 is 0 Å². The summed E-state index contributed by atoms with van der Waals surface area (Å²) in [5, 5.41) is 0. The van der Waals surface area contributed by atoms with E-state index in [2.05, 4.69) is 0 Å². The van der Waals surface area contributed by atoms with E-state index < -0.39 is 5.97 Å². The summed E-state index contributed by atoms with van der Waals surface area (Å²) in [5.74, 6) is -0.516. The second kappa shape index (κ2) is 5.25. The molecule has 0 atom stereocenters. The molecule has 1 aromatic carbocycles. The van der Waals surface area contributed by atoms with Gasteiger partial charge in [0.15, 0.2) is 0 Å². The van der Waals surface area contributed by atoms with Crippen molar-refractivity contribution in [2.24, 2.45) is 0 Å². The van der Waals surface area contributed by atoms with Crippen LogP contribution >= 0.6 is 0 Å². The molecular weight excluding hydrogens is 266 g/mol. The summed E-state index contributed by atoms with van der Waals surface area (Å²) < 4.78 is 6.34. The molecule has 4 heteroatoms. The first kappa shape index (κ1) is 13.1. The molecule has 0 saturated carbocycles. The Morgan fingerprint density at radius 2 is 1.76 bits per heavy atom. The molecular formula is C17H13NO3. The topological polar surface area (TPSA) is 47.8 Å². The van der Waals surface area contributed by atoms with Gasteiger partial charge in [-0.05, 0) is 23.8 Å². The second-order valence-corrected chi connectivity index (χ2v) is 4.59. The van der Waals surface area contributed by atoms with Crippen molar-refractivity contribution in [3.63, 3.8) is 0 Å². The van der Waals surface area contributed by atoms with Crippen LogP contribution in [0.5, 0.6) is 0 Å². The predicted molar refractivity (Wildman–Crippen MR) is 80.4 cm³/mol. The van der Waals surface area contributed by atoms with E-state index in [9.17, 15) is 9.59 Å². The van der Waals surface area contributed by atoms with Crippen LogP contribution in [0.25, 0.3) is 16.6 Å². The second-order valence-electron chi connectivity index (χ2n) is 4.59. The summed E-state index contributed by atoms with van der Waals surface area (Å²) in [6, 6.07) is 16.2. The highest BCUT2D eigenvalue weighted by molar-refractivity contribution is 5.98. The molecule has 0 aliphatic rings. The number of benzene rings is 1. The van der Waals surface area contributed by atoms with Crippen molar-refractivity contribution in [3.8, 4) is 11.1 Å². The minimum absolute atomic E-state index is 0.236. The molecule has 0 radical (unpaired) electrons. The first-order valence-electron chi connectivity index (χ1n) is 6.50. The van der Waals surface area contributed by atoms with E-state index in [4.69, 9.17) is 4.74 Å². The fourth-order valence-electron chi connectivity index (χ4n) is 2.37. The van der Waals surface area contributed by atoms with E-state index in [0.717, 1.165) is 0 Å². The van der Waals surface area contributed by atoms with Crippen LogP contribution in [-0.2, 0) is 4.74 Å². The highest BCUT2D eigenvalue weighted by atomic mass is 16.5. The van der Waals surface area contributed by atoms with Crippen molar-refractivity contribution >= 4 is 11.5 Å². The number of ether oxygens (including phenoxy) is 1. The molecule has 3 aromatic rings. The van der Waals surface area contributed by atoms with Gasteiger partial charge in [0.25, 0.3) is 5.56 Å². The number of hydrogen-bond acceptors (Lipinski definition) is 3. The van der Waals surface area contributed by atoms with Gasteiger partial charge < -0.3 is 4.74 Å². The summed E-state index contributed by atoms with van der Waals surface area (Å²) in [4.78, 5) is 24.8. The first-order valence-corrected chi connectivity index (χ1v) is 6.50. The minimum Gasteiger partial charge on any atom is -0.465 e. The number of esters is 1. The average Bonchev–Trinajstić information content (AvgIpc) is 2.55. The molecule has 21 heavy (non-hydrogen) atoms. The van der Waals surface area contributed by atoms with Crippen molar-refractivity contribution < 1.29 is 9.53 Å². The predicted octanol–water partition coefficient (Wildman–Crippen LogP) is 2.75. The quantitative estimate of drug-likeness (QED) is 0.678. The first-order chi connectivity index (χ1) is 10.2. The average molecular weight is 279 g/mol. The number of aromatic nitrogens is 1. The number of pyridine rings is 2. The molecule has 0 bridgehead atoms. The van der Waals surface area contributed by atoms with Gasteiger partial charge in [-0.1, -0.05) is 36.4 Å². The molecule has 0 unspecified atom stereocenters. The lowest BCUT2D eigenvalue weighted by atomic mass is 10.0. The Morgan fingerprint density at radius 3 is 2.48 bits per heavy atom. The highest BCUT2D eigenvalue weighted by Gasteiger charge is 2.18. The largest absolute Gasteiger partial charge is 0.465 e. The van der Waals surface area contributed by atoms with Crippen LogP contribution < -0.4 is 5.56 Å². The number of rotatable bonds is 2. The zero-order valence-electron chi connectivity index (χ0n) is 11.4. The fourth-order valence-corrected chi connectivity index (χ4v) is 2.37. The third-order valence-electron chi connectivity index (χ3n) is 3.35. The monoisotopic (exact) mass is 279 g/mol. The van der Waals surface area contributed by atoms with E-state index in [-0.39, 0.29) is 11.1 Å². The maximum Gasteiger partial charge on any atom is 0.338 e. The van der Waals surface area contributed by atoms with Gasteiger partial charge in [-0.3, -0.25) is 9.20 Å². The van der Waals surface area contributed by atoms with Crippen molar-refractivity contribution in [2.45, 2.75) is 0 Å². The van der Waals surface area contributed by atoms with Crippen molar-refractivity contribution in [2.75, 3.05) is 7.11 Å². The Hall–Kier alpha value is -2.88. The van der Waals surface area contributed by atoms with Gasteiger partial charge in [-0.25, -0.2) is 4.79 Å². The zero-order valence-corrected chi connectivity index (χ0v) is 11.4. The molecule has 0 aliphatic heterocycles.